The lowest BCUT2D eigenvalue weighted by atomic mass is 9.66. The highest BCUT2D eigenvalue weighted by atomic mass is 14.7. The number of rotatable bonds is 4. The fourth-order valence-corrected chi connectivity index (χ4v) is 4.10. The van der Waals surface area contributed by atoms with E-state index in [1.165, 1.54) is 39.0 Å². The van der Waals surface area contributed by atoms with Crippen LogP contribution in [-0.4, -0.2) is 13.3 Å². The van der Waals surface area contributed by atoms with Crippen LogP contribution in [-0.2, 0) is 5.41 Å². The lowest BCUT2D eigenvalue weighted by Crippen LogP contribution is -2.31. The van der Waals surface area contributed by atoms with Gasteiger partial charge in [0.25, 0.3) is 0 Å². The first-order chi connectivity index (χ1) is 12.5. The lowest BCUT2D eigenvalue weighted by Gasteiger charge is -2.35. The molecule has 0 bridgehead atoms. The highest BCUT2D eigenvalue weighted by molar-refractivity contribution is 5.92. The second-order valence-electron chi connectivity index (χ2n) is 7.17. The molecule has 0 N–H and O–H groups in total. The van der Waals surface area contributed by atoms with E-state index in [2.05, 4.69) is 99.4 Å². The van der Waals surface area contributed by atoms with Gasteiger partial charge >= 0.3 is 0 Å². The Morgan fingerprint density at radius 3 is 1.65 bits per heavy atom. The maximum absolute atomic E-state index is 4.43. The molecule has 2 aromatic rings. The van der Waals surface area contributed by atoms with Gasteiger partial charge in [-0.3, -0.25) is 4.99 Å². The van der Waals surface area contributed by atoms with Gasteiger partial charge in [-0.25, -0.2) is 0 Å². The van der Waals surface area contributed by atoms with Crippen LogP contribution in [0.25, 0.3) is 0 Å². The Hall–Kier alpha value is -2.67. The van der Waals surface area contributed by atoms with Crippen molar-refractivity contribution >= 4 is 6.21 Å². The number of benzene rings is 2. The summed E-state index contributed by atoms with van der Waals surface area (Å²) < 4.78 is 0. The van der Waals surface area contributed by atoms with Crippen LogP contribution in [0.1, 0.15) is 38.8 Å². The molecule has 1 aliphatic rings. The van der Waals surface area contributed by atoms with E-state index < -0.39 is 0 Å². The van der Waals surface area contributed by atoms with Crippen LogP contribution < -0.4 is 0 Å². The van der Waals surface area contributed by atoms with Crippen molar-refractivity contribution in [1.82, 2.24) is 0 Å². The highest BCUT2D eigenvalue weighted by Crippen LogP contribution is 2.53. The molecule has 0 heterocycles. The summed E-state index contributed by atoms with van der Waals surface area (Å²) in [6.07, 6.45) is 4.39. The predicted octanol–water partition coefficient (Wildman–Crippen LogP) is 6.29. The second-order valence-corrected chi connectivity index (χ2v) is 7.17. The molecule has 0 amide bonds. The third kappa shape index (κ3) is 2.78. The SMILES string of the molecule is CN=CC1=C(C)C(C)=C(C=C(C)C)C1(c1ccccc1)c1ccccc1. The van der Waals surface area contributed by atoms with Gasteiger partial charge in [0.1, 0.15) is 0 Å². The highest BCUT2D eigenvalue weighted by Gasteiger charge is 2.45. The van der Waals surface area contributed by atoms with Gasteiger partial charge in [-0.15, -0.1) is 0 Å². The minimum Gasteiger partial charge on any atom is -0.296 e. The normalized spacial score (nSPS) is 16.5. The zero-order valence-corrected chi connectivity index (χ0v) is 16.4. The maximum atomic E-state index is 4.43. The third-order valence-corrected chi connectivity index (χ3v) is 5.28. The van der Waals surface area contributed by atoms with Gasteiger partial charge in [0.15, 0.2) is 0 Å². The van der Waals surface area contributed by atoms with Crippen molar-refractivity contribution in [3.05, 3.63) is 106 Å². The number of nitrogens with zero attached hydrogens (tertiary/aromatic N) is 1. The zero-order chi connectivity index (χ0) is 18.7. The van der Waals surface area contributed by atoms with Crippen molar-refractivity contribution in [2.75, 3.05) is 7.05 Å². The molecule has 0 saturated heterocycles. The minimum atomic E-state index is -0.326. The summed E-state index contributed by atoms with van der Waals surface area (Å²) in [7, 11) is 1.86. The Morgan fingerprint density at radius 2 is 1.23 bits per heavy atom. The van der Waals surface area contributed by atoms with Crippen LogP contribution in [0, 0.1) is 0 Å². The molecule has 0 fully saturated rings. The van der Waals surface area contributed by atoms with E-state index in [9.17, 15) is 0 Å². The number of allylic oxidation sites excluding steroid dienone is 6. The maximum Gasteiger partial charge on any atom is 0.0721 e. The predicted molar refractivity (Wildman–Crippen MR) is 113 cm³/mol. The van der Waals surface area contributed by atoms with Crippen molar-refractivity contribution in [3.63, 3.8) is 0 Å². The van der Waals surface area contributed by atoms with Crippen molar-refractivity contribution < 1.29 is 0 Å². The fourth-order valence-electron chi connectivity index (χ4n) is 4.10. The Balaban J connectivity index is 2.49. The van der Waals surface area contributed by atoms with E-state index in [-0.39, 0.29) is 5.41 Å². The van der Waals surface area contributed by atoms with E-state index in [0.717, 1.165) is 0 Å². The van der Waals surface area contributed by atoms with Gasteiger partial charge in [0, 0.05) is 13.3 Å². The summed E-state index contributed by atoms with van der Waals surface area (Å²) in [6, 6.07) is 21.6. The van der Waals surface area contributed by atoms with Gasteiger partial charge in [0.2, 0.25) is 0 Å². The Kier molecular flexibility index (Phi) is 5.08. The van der Waals surface area contributed by atoms with Crippen LogP contribution in [0.15, 0.2) is 99.6 Å². The van der Waals surface area contributed by atoms with E-state index in [1.54, 1.807) is 0 Å². The van der Waals surface area contributed by atoms with Crippen LogP contribution in [0.5, 0.6) is 0 Å². The molecular weight excluding hydrogens is 314 g/mol. The second kappa shape index (κ2) is 7.29. The van der Waals surface area contributed by atoms with Crippen LogP contribution >= 0.6 is 0 Å². The molecule has 0 aliphatic heterocycles. The van der Waals surface area contributed by atoms with E-state index in [4.69, 9.17) is 0 Å². The Bertz CT molecular complexity index is 866. The summed E-state index contributed by atoms with van der Waals surface area (Å²) in [5.41, 5.74) is 8.81. The quantitative estimate of drug-likeness (QED) is 0.580. The summed E-state index contributed by atoms with van der Waals surface area (Å²) in [6.45, 7) is 8.80. The number of hydrogen-bond acceptors (Lipinski definition) is 1. The summed E-state index contributed by atoms with van der Waals surface area (Å²) >= 11 is 0. The van der Waals surface area contributed by atoms with Crippen molar-refractivity contribution in [1.29, 1.82) is 0 Å². The van der Waals surface area contributed by atoms with E-state index >= 15 is 0 Å². The zero-order valence-electron chi connectivity index (χ0n) is 16.4. The van der Waals surface area contributed by atoms with Crippen LogP contribution in [0.2, 0.25) is 0 Å². The minimum absolute atomic E-state index is 0.326. The van der Waals surface area contributed by atoms with Gasteiger partial charge in [-0.05, 0) is 61.1 Å². The average molecular weight is 341 g/mol. The molecule has 2 aromatic carbocycles. The molecule has 0 aromatic heterocycles. The first-order valence-corrected chi connectivity index (χ1v) is 9.14. The molecule has 0 radical (unpaired) electrons. The smallest absolute Gasteiger partial charge is 0.0721 e. The lowest BCUT2D eigenvalue weighted by molar-refractivity contribution is 0.764. The number of hydrogen-bond donors (Lipinski definition) is 0. The third-order valence-electron chi connectivity index (χ3n) is 5.28. The summed E-state index contributed by atoms with van der Waals surface area (Å²) in [5, 5.41) is 0. The Labute approximate surface area is 157 Å². The van der Waals surface area contributed by atoms with Gasteiger partial charge in [-0.2, -0.15) is 0 Å². The summed E-state index contributed by atoms with van der Waals surface area (Å²) in [5.74, 6) is 0. The summed E-state index contributed by atoms with van der Waals surface area (Å²) in [4.78, 5) is 4.43. The molecule has 0 unspecified atom stereocenters. The Morgan fingerprint density at radius 1 is 0.769 bits per heavy atom. The molecule has 132 valence electrons. The fraction of sp³-hybridized carbons (Fsp3) is 0.240. The molecule has 0 saturated carbocycles. The molecule has 1 heteroatoms. The molecular formula is C25H27N. The van der Waals surface area contributed by atoms with Crippen molar-refractivity contribution in [3.8, 4) is 0 Å². The molecule has 1 nitrogen and oxygen atoms in total. The van der Waals surface area contributed by atoms with E-state index in [0.29, 0.717) is 0 Å². The monoisotopic (exact) mass is 341 g/mol. The largest absolute Gasteiger partial charge is 0.296 e. The number of aliphatic imine (C=N–C) groups is 1. The molecule has 3 rings (SSSR count). The van der Waals surface area contributed by atoms with Gasteiger partial charge in [-0.1, -0.05) is 72.3 Å². The van der Waals surface area contributed by atoms with Crippen molar-refractivity contribution in [2.45, 2.75) is 33.1 Å². The van der Waals surface area contributed by atoms with Crippen LogP contribution in [0.4, 0.5) is 0 Å². The van der Waals surface area contributed by atoms with Crippen molar-refractivity contribution in [2.24, 2.45) is 4.99 Å². The van der Waals surface area contributed by atoms with Gasteiger partial charge in [0.05, 0.1) is 5.41 Å². The topological polar surface area (TPSA) is 12.4 Å². The standard InChI is InChI=1S/C25H27N/c1-18(2)16-23-19(3)20(4)24(17-26-5)25(23,21-12-8-6-9-13-21)22-14-10-7-11-15-22/h6-17H,1-5H3. The molecule has 1 aliphatic carbocycles. The van der Waals surface area contributed by atoms with Gasteiger partial charge < -0.3 is 0 Å². The average Bonchev–Trinajstić information content (AvgIpc) is 2.86. The van der Waals surface area contributed by atoms with E-state index in [1.807, 2.05) is 13.3 Å². The first kappa shape index (κ1) is 18.1. The molecule has 26 heavy (non-hydrogen) atoms. The molecule has 0 spiro atoms. The van der Waals surface area contributed by atoms with Crippen LogP contribution in [0.3, 0.4) is 0 Å². The molecule has 0 atom stereocenters. The first-order valence-electron chi connectivity index (χ1n) is 9.14.